The summed E-state index contributed by atoms with van der Waals surface area (Å²) < 4.78 is 3.97. The van der Waals surface area contributed by atoms with E-state index >= 15 is 0 Å². The highest BCUT2D eigenvalue weighted by Crippen LogP contribution is 2.25. The molecule has 4 rings (SSSR count). The minimum absolute atomic E-state index is 0.136. The summed E-state index contributed by atoms with van der Waals surface area (Å²) in [7, 11) is 2.01. The summed E-state index contributed by atoms with van der Waals surface area (Å²) in [6.45, 7) is 1.59. The summed E-state index contributed by atoms with van der Waals surface area (Å²) in [5, 5.41) is 5.31. The Balaban J connectivity index is 1.64. The van der Waals surface area contributed by atoms with Gasteiger partial charge in [-0.1, -0.05) is 6.07 Å². The minimum Gasteiger partial charge on any atom is -0.351 e. The van der Waals surface area contributed by atoms with E-state index in [-0.39, 0.29) is 11.9 Å². The maximum absolute atomic E-state index is 13.1. The Labute approximate surface area is 135 Å². The quantitative estimate of drug-likeness (QED) is 0.746. The second-order valence-electron chi connectivity index (χ2n) is 6.19. The lowest BCUT2D eigenvalue weighted by Crippen LogP contribution is -2.38. The number of hydrogen-bond donors (Lipinski definition) is 0. The summed E-state index contributed by atoms with van der Waals surface area (Å²) in [4.78, 5) is 15.1. The molecule has 0 spiro atoms. The van der Waals surface area contributed by atoms with Crippen LogP contribution in [0.2, 0.25) is 0 Å². The van der Waals surface area contributed by atoms with Gasteiger partial charge in [0.1, 0.15) is 0 Å². The smallest absolute Gasteiger partial charge is 0.254 e. The predicted molar refractivity (Wildman–Crippen MR) is 89.2 cm³/mol. The highest BCUT2D eigenvalue weighted by molar-refractivity contribution is 6.06. The molecule has 3 heterocycles. The van der Waals surface area contributed by atoms with E-state index < -0.39 is 0 Å². The SMILES string of the molecule is Cn1ccc2c(C(=O)N3CCCC3Cn3cccn3)cccc21. The van der Waals surface area contributed by atoms with E-state index in [2.05, 4.69) is 15.7 Å². The Kier molecular flexibility index (Phi) is 3.41. The van der Waals surface area contributed by atoms with E-state index in [1.807, 2.05) is 53.3 Å². The molecule has 0 aliphatic carbocycles. The molecule has 1 unspecified atom stereocenters. The Hall–Kier alpha value is -2.56. The molecule has 1 atom stereocenters. The van der Waals surface area contributed by atoms with Crippen LogP contribution in [0.1, 0.15) is 23.2 Å². The Morgan fingerprint density at radius 3 is 3.00 bits per heavy atom. The summed E-state index contributed by atoms with van der Waals surface area (Å²) >= 11 is 0. The van der Waals surface area contributed by atoms with Crippen molar-refractivity contribution in [2.24, 2.45) is 7.05 Å². The van der Waals surface area contributed by atoms with Gasteiger partial charge in [0.2, 0.25) is 0 Å². The molecule has 0 bridgehead atoms. The molecule has 0 N–H and O–H groups in total. The number of likely N-dealkylation sites (tertiary alicyclic amines) is 1. The summed E-state index contributed by atoms with van der Waals surface area (Å²) in [5.41, 5.74) is 1.90. The predicted octanol–water partition coefficient (Wildman–Crippen LogP) is 2.68. The van der Waals surface area contributed by atoms with Gasteiger partial charge in [-0.25, -0.2) is 0 Å². The van der Waals surface area contributed by atoms with Crippen molar-refractivity contribution < 1.29 is 4.79 Å². The van der Waals surface area contributed by atoms with E-state index in [9.17, 15) is 4.79 Å². The van der Waals surface area contributed by atoms with Crippen molar-refractivity contribution in [3.05, 3.63) is 54.5 Å². The highest BCUT2D eigenvalue weighted by atomic mass is 16.2. The molecule has 3 aromatic rings. The van der Waals surface area contributed by atoms with Gasteiger partial charge in [0.05, 0.1) is 12.6 Å². The molecule has 23 heavy (non-hydrogen) atoms. The van der Waals surface area contributed by atoms with Crippen molar-refractivity contribution in [3.63, 3.8) is 0 Å². The van der Waals surface area contributed by atoms with E-state index in [1.54, 1.807) is 6.20 Å². The van der Waals surface area contributed by atoms with Crippen molar-refractivity contribution in [2.45, 2.75) is 25.4 Å². The highest BCUT2D eigenvalue weighted by Gasteiger charge is 2.30. The van der Waals surface area contributed by atoms with Gasteiger partial charge < -0.3 is 9.47 Å². The third kappa shape index (κ3) is 2.42. The largest absolute Gasteiger partial charge is 0.351 e. The molecular formula is C18H20N4O. The average molecular weight is 308 g/mol. The molecular weight excluding hydrogens is 288 g/mol. The van der Waals surface area contributed by atoms with Crippen LogP contribution in [0.15, 0.2) is 48.9 Å². The van der Waals surface area contributed by atoms with Gasteiger partial charge in [0.25, 0.3) is 5.91 Å². The first-order valence-electron chi connectivity index (χ1n) is 8.06. The van der Waals surface area contributed by atoms with Crippen LogP contribution in [0.5, 0.6) is 0 Å². The molecule has 118 valence electrons. The Bertz CT molecular complexity index is 834. The zero-order valence-electron chi connectivity index (χ0n) is 13.2. The molecule has 1 amide bonds. The first-order valence-corrected chi connectivity index (χ1v) is 8.06. The van der Waals surface area contributed by atoms with Crippen molar-refractivity contribution in [1.29, 1.82) is 0 Å². The van der Waals surface area contributed by atoms with Crippen LogP contribution in [0.3, 0.4) is 0 Å². The monoisotopic (exact) mass is 308 g/mol. The van der Waals surface area contributed by atoms with Gasteiger partial charge in [0, 0.05) is 48.6 Å². The zero-order chi connectivity index (χ0) is 15.8. The van der Waals surface area contributed by atoms with Crippen molar-refractivity contribution in [1.82, 2.24) is 19.2 Å². The van der Waals surface area contributed by atoms with Crippen LogP contribution in [-0.2, 0) is 13.6 Å². The number of rotatable bonds is 3. The number of amides is 1. The van der Waals surface area contributed by atoms with E-state index in [0.29, 0.717) is 0 Å². The third-order valence-electron chi connectivity index (χ3n) is 4.75. The van der Waals surface area contributed by atoms with E-state index in [1.165, 1.54) is 0 Å². The molecule has 1 fully saturated rings. The van der Waals surface area contributed by atoms with Gasteiger partial charge in [-0.2, -0.15) is 5.10 Å². The summed E-state index contributed by atoms with van der Waals surface area (Å²) in [5.74, 6) is 0.136. The molecule has 1 aromatic carbocycles. The first-order chi connectivity index (χ1) is 11.2. The van der Waals surface area contributed by atoms with Crippen LogP contribution < -0.4 is 0 Å². The van der Waals surface area contributed by atoms with Crippen molar-refractivity contribution in [3.8, 4) is 0 Å². The second kappa shape index (κ2) is 5.57. The van der Waals surface area contributed by atoms with E-state index in [0.717, 1.165) is 42.4 Å². The number of nitrogens with zero attached hydrogens (tertiary/aromatic N) is 4. The topological polar surface area (TPSA) is 43.1 Å². The summed E-state index contributed by atoms with van der Waals surface area (Å²) in [6, 6.07) is 10.1. The fraction of sp³-hybridized carbons (Fsp3) is 0.333. The standard InChI is InChI=1S/C18H20N4O/c1-20-12-8-15-16(6-2-7-17(15)20)18(23)22-11-3-5-14(22)13-21-10-4-9-19-21/h2,4,6-10,12,14H,3,5,11,13H2,1H3. The van der Waals surface area contributed by atoms with Crippen LogP contribution in [-0.4, -0.2) is 37.7 Å². The van der Waals surface area contributed by atoms with Crippen LogP contribution in [0.4, 0.5) is 0 Å². The summed E-state index contributed by atoms with van der Waals surface area (Å²) in [6.07, 6.45) is 7.84. The average Bonchev–Trinajstić information content (AvgIpc) is 3.29. The lowest BCUT2D eigenvalue weighted by atomic mass is 10.1. The normalized spacial score (nSPS) is 18.0. The number of hydrogen-bond acceptors (Lipinski definition) is 2. The number of carbonyl (C=O) groups excluding carboxylic acids is 1. The molecule has 2 aromatic heterocycles. The molecule has 5 heteroatoms. The third-order valence-corrected chi connectivity index (χ3v) is 4.75. The van der Waals surface area contributed by atoms with Gasteiger partial charge in [-0.15, -0.1) is 0 Å². The number of aryl methyl sites for hydroxylation is 1. The van der Waals surface area contributed by atoms with Gasteiger partial charge in [0.15, 0.2) is 0 Å². The van der Waals surface area contributed by atoms with Gasteiger partial charge in [-0.05, 0) is 37.1 Å². The molecule has 0 radical (unpaired) electrons. The number of aromatic nitrogens is 3. The Morgan fingerprint density at radius 1 is 1.26 bits per heavy atom. The fourth-order valence-corrected chi connectivity index (χ4v) is 3.56. The van der Waals surface area contributed by atoms with Crippen molar-refractivity contribution in [2.75, 3.05) is 6.54 Å². The Morgan fingerprint density at radius 2 is 2.17 bits per heavy atom. The number of carbonyl (C=O) groups is 1. The minimum atomic E-state index is 0.136. The maximum Gasteiger partial charge on any atom is 0.254 e. The lowest BCUT2D eigenvalue weighted by Gasteiger charge is -2.25. The van der Waals surface area contributed by atoms with Crippen LogP contribution in [0.25, 0.3) is 10.9 Å². The van der Waals surface area contributed by atoms with Crippen molar-refractivity contribution >= 4 is 16.8 Å². The first kappa shape index (κ1) is 14.1. The second-order valence-corrected chi connectivity index (χ2v) is 6.19. The molecule has 1 saturated heterocycles. The molecule has 1 aliphatic rings. The lowest BCUT2D eigenvalue weighted by molar-refractivity contribution is 0.0723. The van der Waals surface area contributed by atoms with Gasteiger partial charge >= 0.3 is 0 Å². The van der Waals surface area contributed by atoms with Crippen LogP contribution in [0, 0.1) is 0 Å². The number of benzene rings is 1. The zero-order valence-corrected chi connectivity index (χ0v) is 13.2. The molecule has 1 aliphatic heterocycles. The molecule has 0 saturated carbocycles. The maximum atomic E-state index is 13.1. The molecule has 5 nitrogen and oxygen atoms in total. The fourth-order valence-electron chi connectivity index (χ4n) is 3.56. The van der Waals surface area contributed by atoms with Crippen LogP contribution >= 0.6 is 0 Å². The van der Waals surface area contributed by atoms with Gasteiger partial charge in [-0.3, -0.25) is 9.48 Å². The van der Waals surface area contributed by atoms with E-state index in [4.69, 9.17) is 0 Å². The number of fused-ring (bicyclic) bond motifs is 1.